The molecule has 134 valence electrons. The first kappa shape index (κ1) is 30.5. The molecule has 0 saturated heterocycles. The molecular weight excluding hydrogens is 340 g/mol. The number of allylic oxidation sites excluding steroid dienone is 4. The third kappa shape index (κ3) is 12.1. The quantitative estimate of drug-likeness (QED) is 0.414. The van der Waals surface area contributed by atoms with Crippen LogP contribution in [0.1, 0.15) is 48.5 Å². The molecule has 0 aromatic carbocycles. The van der Waals surface area contributed by atoms with Crippen LogP contribution in [0.2, 0.25) is 0 Å². The Balaban J connectivity index is -0.000000127. The molecule has 2 N–H and O–H groups in total. The second-order valence-corrected chi connectivity index (χ2v) is 5.80. The van der Waals surface area contributed by atoms with Gasteiger partial charge in [0.2, 0.25) is 0 Å². The Labute approximate surface area is 161 Å². The molecule has 0 saturated carbocycles. The van der Waals surface area contributed by atoms with E-state index in [4.69, 9.17) is 10.2 Å². The summed E-state index contributed by atoms with van der Waals surface area (Å²) in [6.07, 6.45) is 3.44. The van der Waals surface area contributed by atoms with Crippen LogP contribution in [0.5, 0.6) is 0 Å². The molecule has 0 amide bonds. The van der Waals surface area contributed by atoms with Gasteiger partial charge >= 0.3 is 33.7 Å². The summed E-state index contributed by atoms with van der Waals surface area (Å²) in [6, 6.07) is 0. The first-order chi connectivity index (χ1) is 9.73. The third-order valence-corrected chi connectivity index (χ3v) is 3.29. The molecule has 0 spiro atoms. The summed E-state index contributed by atoms with van der Waals surface area (Å²) in [5.74, 6) is -1.87. The van der Waals surface area contributed by atoms with Crippen LogP contribution >= 0.6 is 0 Å². The zero-order valence-corrected chi connectivity index (χ0v) is 17.7. The van der Waals surface area contributed by atoms with Gasteiger partial charge in [-0.3, -0.25) is 6.08 Å². The van der Waals surface area contributed by atoms with Crippen molar-refractivity contribution >= 4 is 11.9 Å². The summed E-state index contributed by atoms with van der Waals surface area (Å²) in [5, 5.41) is 15.8. The van der Waals surface area contributed by atoms with Crippen molar-refractivity contribution in [3.63, 3.8) is 0 Å². The van der Waals surface area contributed by atoms with Gasteiger partial charge in [-0.05, 0) is 13.8 Å². The molecule has 0 aromatic heterocycles. The van der Waals surface area contributed by atoms with Crippen LogP contribution in [-0.2, 0) is 31.3 Å². The summed E-state index contributed by atoms with van der Waals surface area (Å²) in [4.78, 5) is 19.2. The number of carbonyl (C=O) groups is 2. The molecule has 5 heteroatoms. The van der Waals surface area contributed by atoms with Gasteiger partial charge in [0.05, 0.1) is 0 Å². The average molecular weight is 370 g/mol. The van der Waals surface area contributed by atoms with Gasteiger partial charge in [0.15, 0.2) is 0 Å². The van der Waals surface area contributed by atoms with E-state index in [1.807, 2.05) is 0 Å². The molecule has 1 rings (SSSR count). The van der Waals surface area contributed by atoms with E-state index >= 15 is 0 Å². The van der Waals surface area contributed by atoms with Crippen LogP contribution in [0.4, 0.5) is 0 Å². The fraction of sp³-hybridized carbons (Fsp3) is 0.421. The minimum absolute atomic E-state index is 0. The zero-order valence-electron chi connectivity index (χ0n) is 16.1. The van der Waals surface area contributed by atoms with E-state index < -0.39 is 11.9 Å². The standard InChI is InChI=1S/C10H15.2C4H6O2.CH3.Ti/c1-7-6-10(4,5)9(3)8(7)2;2*1-3(2)4(5)6;;/h1-5H3;2*1H2,2H3,(H,5,6);1H3;/q-1;;;-1;+2. The van der Waals surface area contributed by atoms with Crippen LogP contribution in [0, 0.1) is 18.9 Å². The van der Waals surface area contributed by atoms with Gasteiger partial charge in [0.25, 0.3) is 0 Å². The number of aliphatic carboxylic acids is 2. The fourth-order valence-corrected chi connectivity index (χ4v) is 1.41. The van der Waals surface area contributed by atoms with Crippen LogP contribution in [0.15, 0.2) is 41.0 Å². The fourth-order valence-electron chi connectivity index (χ4n) is 1.41. The Kier molecular flexibility index (Phi) is 16.5. The maximum absolute atomic E-state index is 9.60. The SMILES string of the molecule is C=C(C)C(=O)O.C=C(C)C(=O)O.CC1=[C-]C(C)(C)C(C)=C1C.[CH3-].[Ti+2]. The van der Waals surface area contributed by atoms with Gasteiger partial charge in [-0.15, -0.1) is 6.92 Å². The van der Waals surface area contributed by atoms with Crippen molar-refractivity contribution in [3.05, 3.63) is 54.5 Å². The molecule has 0 fully saturated rings. The molecule has 0 aromatic rings. The molecule has 0 bridgehead atoms. The molecule has 0 radical (unpaired) electrons. The molecule has 0 heterocycles. The molecule has 1 aliphatic carbocycles. The minimum atomic E-state index is -0.935. The van der Waals surface area contributed by atoms with Gasteiger partial charge < -0.3 is 17.6 Å². The van der Waals surface area contributed by atoms with Crippen molar-refractivity contribution in [2.24, 2.45) is 5.41 Å². The molecule has 0 atom stereocenters. The second-order valence-electron chi connectivity index (χ2n) is 5.80. The predicted octanol–water partition coefficient (Wildman–Crippen LogP) is 4.85. The summed E-state index contributed by atoms with van der Waals surface area (Å²) in [6.45, 7) is 20.1. The molecule has 0 aliphatic heterocycles. The first-order valence-corrected chi connectivity index (χ1v) is 6.81. The number of hydrogen-bond donors (Lipinski definition) is 2. The van der Waals surface area contributed by atoms with E-state index in [9.17, 15) is 9.59 Å². The first-order valence-electron chi connectivity index (χ1n) is 6.81. The van der Waals surface area contributed by atoms with Gasteiger partial charge in [-0.25, -0.2) is 15.2 Å². The van der Waals surface area contributed by atoms with Gasteiger partial charge in [-0.2, -0.15) is 11.1 Å². The van der Waals surface area contributed by atoms with Crippen molar-refractivity contribution in [2.75, 3.05) is 0 Å². The second kappa shape index (κ2) is 13.0. The summed E-state index contributed by atoms with van der Waals surface area (Å²) >= 11 is 0. The van der Waals surface area contributed by atoms with Crippen LogP contribution in [0.25, 0.3) is 0 Å². The van der Waals surface area contributed by atoms with E-state index in [0.717, 1.165) is 0 Å². The molecule has 0 unspecified atom stereocenters. The van der Waals surface area contributed by atoms with E-state index in [2.05, 4.69) is 53.9 Å². The van der Waals surface area contributed by atoms with Crippen LogP contribution < -0.4 is 0 Å². The van der Waals surface area contributed by atoms with Gasteiger partial charge in [0, 0.05) is 11.1 Å². The van der Waals surface area contributed by atoms with Crippen molar-refractivity contribution < 1.29 is 41.5 Å². The van der Waals surface area contributed by atoms with Crippen LogP contribution in [-0.4, -0.2) is 22.2 Å². The Hall–Kier alpha value is -1.39. The van der Waals surface area contributed by atoms with Gasteiger partial charge in [-0.1, -0.05) is 46.3 Å². The van der Waals surface area contributed by atoms with Gasteiger partial charge in [0.1, 0.15) is 0 Å². The van der Waals surface area contributed by atoms with E-state index in [1.165, 1.54) is 30.6 Å². The van der Waals surface area contributed by atoms with E-state index in [-0.39, 0.29) is 45.7 Å². The maximum Gasteiger partial charge on any atom is 2.00 e. The topological polar surface area (TPSA) is 74.6 Å². The van der Waals surface area contributed by atoms with Crippen molar-refractivity contribution in [3.8, 4) is 0 Å². The maximum atomic E-state index is 9.60. The van der Waals surface area contributed by atoms with Crippen molar-refractivity contribution in [1.29, 1.82) is 0 Å². The Morgan fingerprint density at radius 1 is 0.958 bits per heavy atom. The summed E-state index contributed by atoms with van der Waals surface area (Å²) < 4.78 is 0. The summed E-state index contributed by atoms with van der Waals surface area (Å²) in [5.41, 5.74) is 4.75. The van der Waals surface area contributed by atoms with E-state index in [0.29, 0.717) is 0 Å². The van der Waals surface area contributed by atoms with Crippen LogP contribution in [0.3, 0.4) is 0 Å². The Morgan fingerprint density at radius 2 is 1.21 bits per heavy atom. The predicted molar refractivity (Wildman–Crippen MR) is 95.9 cm³/mol. The monoisotopic (exact) mass is 370 g/mol. The third-order valence-electron chi connectivity index (χ3n) is 3.29. The number of carboxylic acids is 2. The minimum Gasteiger partial charge on any atom is -0.478 e. The molecule has 4 nitrogen and oxygen atoms in total. The zero-order chi connectivity index (χ0) is 18.2. The van der Waals surface area contributed by atoms with Crippen molar-refractivity contribution in [1.82, 2.24) is 0 Å². The number of hydrogen-bond acceptors (Lipinski definition) is 2. The number of rotatable bonds is 2. The largest absolute Gasteiger partial charge is 2.00 e. The molecule has 24 heavy (non-hydrogen) atoms. The number of carboxylic acid groups (broad SMARTS) is 2. The molecule has 1 aliphatic rings. The normalized spacial score (nSPS) is 13.5. The Morgan fingerprint density at radius 3 is 1.25 bits per heavy atom. The average Bonchev–Trinajstić information content (AvgIpc) is 2.53. The smallest absolute Gasteiger partial charge is 0.478 e. The summed E-state index contributed by atoms with van der Waals surface area (Å²) in [7, 11) is 0. The van der Waals surface area contributed by atoms with Crippen molar-refractivity contribution in [2.45, 2.75) is 48.5 Å². The molecular formula is C19H30O4Ti. The van der Waals surface area contributed by atoms with E-state index in [1.54, 1.807) is 0 Å². The Bertz CT molecular complexity index is 490.